The number of sulfonamides is 1. The number of aromatic amines is 1. The Morgan fingerprint density at radius 3 is 2.61 bits per heavy atom. The molecule has 31 heavy (non-hydrogen) atoms. The highest BCUT2D eigenvalue weighted by molar-refractivity contribution is 7.89. The summed E-state index contributed by atoms with van der Waals surface area (Å²) in [6.45, 7) is 1.39. The molecule has 0 bridgehead atoms. The van der Waals surface area contributed by atoms with Crippen LogP contribution in [-0.4, -0.2) is 32.5 Å². The lowest BCUT2D eigenvalue weighted by molar-refractivity contribution is 0.560. The number of pyridine rings is 1. The third-order valence-electron chi connectivity index (χ3n) is 5.51. The zero-order chi connectivity index (χ0) is 21.6. The minimum absolute atomic E-state index is 0.127. The van der Waals surface area contributed by atoms with Gasteiger partial charge in [-0.25, -0.2) is 13.1 Å². The molecule has 1 aliphatic heterocycles. The molecule has 8 nitrogen and oxygen atoms in total. The van der Waals surface area contributed by atoms with E-state index in [1.807, 2.05) is 11.4 Å². The van der Waals surface area contributed by atoms with Gasteiger partial charge in [0.1, 0.15) is 10.4 Å². The third kappa shape index (κ3) is 3.47. The maximum Gasteiger partial charge on any atom is 0.266 e. The fourth-order valence-corrected chi connectivity index (χ4v) is 6.11. The van der Waals surface area contributed by atoms with Crippen molar-refractivity contribution in [2.24, 2.45) is 5.18 Å². The molecule has 3 heterocycles. The number of aromatic nitrogens is 1. The minimum atomic E-state index is -3.65. The SMILES string of the molecule is O=Nc1ccc2[nH]c(=O)c3sccc3c2c1-c1ccc(S(=O)(=O)NC2CCNC2)cc1. The fraction of sp³-hybridized carbons (Fsp3) is 0.190. The number of H-pyrrole nitrogens is 1. The van der Waals surface area contributed by atoms with Crippen LogP contribution in [0.25, 0.3) is 32.1 Å². The number of nitrogens with one attached hydrogen (secondary N) is 3. The summed E-state index contributed by atoms with van der Waals surface area (Å²) in [5, 5.41) is 9.57. The lowest BCUT2D eigenvalue weighted by atomic mass is 9.97. The second-order valence-electron chi connectivity index (χ2n) is 7.43. The Labute approximate surface area is 181 Å². The van der Waals surface area contributed by atoms with Crippen molar-refractivity contribution in [3.63, 3.8) is 0 Å². The standard InChI is InChI=1S/C21H18N4O4S2/c26-21-20-15(8-10-30-20)19-16(23-21)5-6-17(24-27)18(19)12-1-3-14(4-2-12)31(28,29)25-13-7-9-22-11-13/h1-6,8,10,13,22,25H,7,9,11H2,(H,23,26). The molecule has 10 heteroatoms. The van der Waals surface area contributed by atoms with Crippen molar-refractivity contribution >= 4 is 48.0 Å². The number of hydrogen-bond donors (Lipinski definition) is 3. The predicted molar refractivity (Wildman–Crippen MR) is 122 cm³/mol. The first-order chi connectivity index (χ1) is 15.0. The molecule has 0 radical (unpaired) electrons. The van der Waals surface area contributed by atoms with Gasteiger partial charge in [0.05, 0.1) is 4.90 Å². The first kappa shape index (κ1) is 20.0. The van der Waals surface area contributed by atoms with Crippen LogP contribution in [0.3, 0.4) is 0 Å². The molecule has 1 aliphatic rings. The summed E-state index contributed by atoms with van der Waals surface area (Å²) in [5.41, 5.74) is 1.82. The van der Waals surface area contributed by atoms with Gasteiger partial charge in [0, 0.05) is 34.4 Å². The molecule has 0 amide bonds. The summed E-state index contributed by atoms with van der Waals surface area (Å²) >= 11 is 1.32. The number of nitrogens with zero attached hydrogens (tertiary/aromatic N) is 1. The van der Waals surface area contributed by atoms with Gasteiger partial charge in [-0.2, -0.15) is 0 Å². The molecule has 1 saturated heterocycles. The lowest BCUT2D eigenvalue weighted by Gasteiger charge is -2.13. The highest BCUT2D eigenvalue weighted by Gasteiger charge is 2.23. The Hall–Kier alpha value is -2.92. The third-order valence-corrected chi connectivity index (χ3v) is 7.96. The van der Waals surface area contributed by atoms with E-state index in [4.69, 9.17) is 0 Å². The maximum atomic E-state index is 12.7. The zero-order valence-corrected chi connectivity index (χ0v) is 17.8. The Kier molecular flexibility index (Phi) is 4.94. The van der Waals surface area contributed by atoms with Crippen molar-refractivity contribution in [2.45, 2.75) is 17.4 Å². The molecule has 3 N–H and O–H groups in total. The molecule has 0 saturated carbocycles. The molecular weight excluding hydrogens is 436 g/mol. The molecule has 0 spiro atoms. The Morgan fingerprint density at radius 1 is 1.10 bits per heavy atom. The molecule has 158 valence electrons. The smallest absolute Gasteiger partial charge is 0.266 e. The van der Waals surface area contributed by atoms with Gasteiger partial charge in [-0.15, -0.1) is 16.2 Å². The molecule has 1 unspecified atom stereocenters. The van der Waals surface area contributed by atoms with E-state index in [0.29, 0.717) is 33.3 Å². The lowest BCUT2D eigenvalue weighted by Crippen LogP contribution is -2.36. The normalized spacial score (nSPS) is 16.8. The van der Waals surface area contributed by atoms with Gasteiger partial charge in [0.15, 0.2) is 0 Å². The van der Waals surface area contributed by atoms with Crippen LogP contribution in [0.2, 0.25) is 0 Å². The molecular formula is C21H18N4O4S2. The van der Waals surface area contributed by atoms with E-state index >= 15 is 0 Å². The summed E-state index contributed by atoms with van der Waals surface area (Å²) < 4.78 is 28.7. The Morgan fingerprint density at radius 2 is 1.90 bits per heavy atom. The van der Waals surface area contributed by atoms with Gasteiger partial charge in [-0.1, -0.05) is 12.1 Å². The topological polar surface area (TPSA) is 120 Å². The van der Waals surface area contributed by atoms with Crippen LogP contribution in [-0.2, 0) is 10.0 Å². The van der Waals surface area contributed by atoms with Crippen LogP contribution in [0, 0.1) is 4.91 Å². The maximum absolute atomic E-state index is 12.7. The Bertz CT molecular complexity index is 1470. The van der Waals surface area contributed by atoms with E-state index in [-0.39, 0.29) is 22.2 Å². The van der Waals surface area contributed by atoms with E-state index in [1.165, 1.54) is 23.5 Å². The summed E-state index contributed by atoms with van der Waals surface area (Å²) in [6, 6.07) is 11.3. The molecule has 1 fully saturated rings. The van der Waals surface area contributed by atoms with E-state index < -0.39 is 10.0 Å². The van der Waals surface area contributed by atoms with Crippen molar-refractivity contribution in [3.05, 3.63) is 63.1 Å². The predicted octanol–water partition coefficient (Wildman–Crippen LogP) is 3.45. The first-order valence-corrected chi connectivity index (χ1v) is 12.1. The summed E-state index contributed by atoms with van der Waals surface area (Å²) in [4.78, 5) is 26.9. The fourth-order valence-electron chi connectivity index (χ4n) is 4.05. The molecule has 1 atom stereocenters. The monoisotopic (exact) mass is 454 g/mol. The van der Waals surface area contributed by atoms with Crippen molar-refractivity contribution < 1.29 is 8.42 Å². The summed E-state index contributed by atoms with van der Waals surface area (Å²) in [5.74, 6) is 0. The van der Waals surface area contributed by atoms with Crippen LogP contribution in [0.1, 0.15) is 6.42 Å². The van der Waals surface area contributed by atoms with Crippen molar-refractivity contribution in [1.29, 1.82) is 0 Å². The number of thiophene rings is 1. The number of benzene rings is 2. The molecule has 5 rings (SSSR count). The number of rotatable bonds is 5. The molecule has 4 aromatic rings. The van der Waals surface area contributed by atoms with E-state index in [0.717, 1.165) is 18.4 Å². The second-order valence-corrected chi connectivity index (χ2v) is 10.1. The molecule has 2 aromatic carbocycles. The number of fused-ring (bicyclic) bond motifs is 3. The van der Waals surface area contributed by atoms with Gasteiger partial charge >= 0.3 is 0 Å². The van der Waals surface area contributed by atoms with Crippen LogP contribution in [0.15, 0.2) is 62.7 Å². The van der Waals surface area contributed by atoms with Gasteiger partial charge in [0.25, 0.3) is 5.56 Å². The van der Waals surface area contributed by atoms with Crippen molar-refractivity contribution in [2.75, 3.05) is 13.1 Å². The second kappa shape index (κ2) is 7.65. The number of hydrogen-bond acceptors (Lipinski definition) is 7. The van der Waals surface area contributed by atoms with Gasteiger partial charge in [0.2, 0.25) is 10.0 Å². The quantitative estimate of drug-likeness (QED) is 0.399. The largest absolute Gasteiger partial charge is 0.321 e. The summed E-state index contributed by atoms with van der Waals surface area (Å²) in [6.07, 6.45) is 0.747. The van der Waals surface area contributed by atoms with Crippen LogP contribution in [0.4, 0.5) is 5.69 Å². The average molecular weight is 455 g/mol. The summed E-state index contributed by atoms with van der Waals surface area (Å²) in [7, 11) is -3.65. The van der Waals surface area contributed by atoms with E-state index in [1.54, 1.807) is 24.3 Å². The number of nitroso groups, excluding NO2 is 1. The van der Waals surface area contributed by atoms with E-state index in [9.17, 15) is 18.1 Å². The highest BCUT2D eigenvalue weighted by Crippen LogP contribution is 2.40. The van der Waals surface area contributed by atoms with Crippen LogP contribution in [0.5, 0.6) is 0 Å². The van der Waals surface area contributed by atoms with Crippen LogP contribution < -0.4 is 15.6 Å². The molecule has 0 aliphatic carbocycles. The van der Waals surface area contributed by atoms with Gasteiger partial charge in [-0.3, -0.25) is 4.79 Å². The molecule has 2 aromatic heterocycles. The minimum Gasteiger partial charge on any atom is -0.321 e. The highest BCUT2D eigenvalue weighted by atomic mass is 32.2. The average Bonchev–Trinajstić information content (AvgIpc) is 3.45. The van der Waals surface area contributed by atoms with Crippen molar-refractivity contribution in [3.8, 4) is 11.1 Å². The Balaban J connectivity index is 1.65. The first-order valence-electron chi connectivity index (χ1n) is 9.71. The van der Waals surface area contributed by atoms with Crippen molar-refractivity contribution in [1.82, 2.24) is 15.0 Å². The van der Waals surface area contributed by atoms with E-state index in [2.05, 4.69) is 20.2 Å². The zero-order valence-electron chi connectivity index (χ0n) is 16.2. The van der Waals surface area contributed by atoms with Gasteiger partial charge in [-0.05, 0) is 59.4 Å². The van der Waals surface area contributed by atoms with Gasteiger partial charge < -0.3 is 10.3 Å². The van der Waals surface area contributed by atoms with Crippen LogP contribution >= 0.6 is 11.3 Å².